The van der Waals surface area contributed by atoms with E-state index in [2.05, 4.69) is 12.1 Å². The Morgan fingerprint density at radius 1 is 1.24 bits per heavy atom. The highest BCUT2D eigenvalue weighted by atomic mass is 32.2. The lowest BCUT2D eigenvalue weighted by molar-refractivity contribution is -0.131. The van der Waals surface area contributed by atoms with Gasteiger partial charge in [-0.3, -0.25) is 0 Å². The molecule has 0 spiro atoms. The molecule has 3 N–H and O–H groups in total. The molecule has 0 bridgehead atoms. The molecule has 2 aromatic rings. The Balaban J connectivity index is 2.17. The number of allylic oxidation sites excluding steroid dienone is 1. The average molecular weight is 299 g/mol. The van der Waals surface area contributed by atoms with Crippen LogP contribution < -0.4 is 5.73 Å². The summed E-state index contributed by atoms with van der Waals surface area (Å²) in [5.41, 5.74) is 9.20. The van der Waals surface area contributed by atoms with Crippen molar-refractivity contribution in [3.8, 4) is 0 Å². The van der Waals surface area contributed by atoms with E-state index in [9.17, 15) is 4.79 Å². The summed E-state index contributed by atoms with van der Waals surface area (Å²) >= 11 is 1.70. The Morgan fingerprint density at radius 3 is 2.62 bits per heavy atom. The number of aliphatic carboxylic acids is 1. The number of carboxylic acid groups (broad SMARTS) is 1. The van der Waals surface area contributed by atoms with Gasteiger partial charge in [0.1, 0.15) is 0 Å². The third kappa shape index (κ3) is 4.39. The summed E-state index contributed by atoms with van der Waals surface area (Å²) in [7, 11) is 0. The number of nitrogen functional groups attached to an aromatic ring is 1. The van der Waals surface area contributed by atoms with E-state index in [0.29, 0.717) is 11.3 Å². The topological polar surface area (TPSA) is 63.3 Å². The van der Waals surface area contributed by atoms with Crippen molar-refractivity contribution in [2.45, 2.75) is 17.6 Å². The Kier molecular flexibility index (Phi) is 5.06. The van der Waals surface area contributed by atoms with Gasteiger partial charge in [0, 0.05) is 28.0 Å². The average Bonchev–Trinajstić information content (AvgIpc) is 2.46. The van der Waals surface area contributed by atoms with Gasteiger partial charge in [-0.05, 0) is 36.3 Å². The van der Waals surface area contributed by atoms with Crippen molar-refractivity contribution in [2.75, 3.05) is 5.73 Å². The van der Waals surface area contributed by atoms with Crippen molar-refractivity contribution in [2.24, 2.45) is 0 Å². The van der Waals surface area contributed by atoms with Crippen molar-refractivity contribution in [3.05, 3.63) is 65.7 Å². The number of hydrogen-bond donors (Lipinski definition) is 2. The van der Waals surface area contributed by atoms with Crippen LogP contribution in [0.15, 0.2) is 59.5 Å². The second kappa shape index (κ2) is 6.99. The van der Waals surface area contributed by atoms with Gasteiger partial charge in [-0.1, -0.05) is 30.3 Å². The van der Waals surface area contributed by atoms with Gasteiger partial charge in [0.2, 0.25) is 0 Å². The first-order valence-electron chi connectivity index (χ1n) is 6.54. The van der Waals surface area contributed by atoms with E-state index in [4.69, 9.17) is 10.8 Å². The zero-order chi connectivity index (χ0) is 15.2. The summed E-state index contributed by atoms with van der Waals surface area (Å²) in [4.78, 5) is 11.8. The largest absolute Gasteiger partial charge is 0.478 e. The summed E-state index contributed by atoms with van der Waals surface area (Å²) in [6.07, 6.45) is 1.18. The molecule has 0 radical (unpaired) electrons. The molecule has 0 aliphatic carbocycles. The summed E-state index contributed by atoms with van der Waals surface area (Å²) in [6, 6.07) is 15.9. The Bertz CT molecular complexity index is 666. The SMILES string of the molecule is C/C(=C/C(=O)O)c1cc(SCc2ccccc2)ccc1N. The minimum Gasteiger partial charge on any atom is -0.478 e. The van der Waals surface area contributed by atoms with E-state index in [0.717, 1.165) is 16.2 Å². The molecule has 2 aromatic carbocycles. The van der Waals surface area contributed by atoms with E-state index >= 15 is 0 Å². The molecule has 0 aliphatic heterocycles. The maximum absolute atomic E-state index is 10.8. The van der Waals surface area contributed by atoms with Crippen LogP contribution in [0.25, 0.3) is 5.57 Å². The predicted molar refractivity (Wildman–Crippen MR) is 88.1 cm³/mol. The van der Waals surface area contributed by atoms with Crippen molar-refractivity contribution in [1.29, 1.82) is 0 Å². The molecule has 0 amide bonds. The number of benzene rings is 2. The van der Waals surface area contributed by atoms with E-state index in [1.807, 2.05) is 36.4 Å². The van der Waals surface area contributed by atoms with Gasteiger partial charge in [0.25, 0.3) is 0 Å². The summed E-state index contributed by atoms with van der Waals surface area (Å²) in [5.74, 6) is -0.0967. The highest BCUT2D eigenvalue weighted by Gasteiger charge is 2.06. The van der Waals surface area contributed by atoms with E-state index in [-0.39, 0.29) is 0 Å². The van der Waals surface area contributed by atoms with Gasteiger partial charge >= 0.3 is 5.97 Å². The predicted octanol–water partition coefficient (Wildman–Crippen LogP) is 4.05. The highest BCUT2D eigenvalue weighted by Crippen LogP contribution is 2.29. The van der Waals surface area contributed by atoms with Crippen LogP contribution in [0.5, 0.6) is 0 Å². The third-order valence-electron chi connectivity index (χ3n) is 3.04. The van der Waals surface area contributed by atoms with E-state index in [1.165, 1.54) is 11.6 Å². The first kappa shape index (κ1) is 15.2. The maximum Gasteiger partial charge on any atom is 0.328 e. The summed E-state index contributed by atoms with van der Waals surface area (Å²) < 4.78 is 0. The third-order valence-corrected chi connectivity index (χ3v) is 4.10. The minimum atomic E-state index is -0.964. The van der Waals surface area contributed by atoms with Crippen LogP contribution >= 0.6 is 11.8 Å². The lowest BCUT2D eigenvalue weighted by atomic mass is 10.1. The quantitative estimate of drug-likeness (QED) is 0.496. The molecular formula is C17H17NO2S. The van der Waals surface area contributed by atoms with Gasteiger partial charge in [-0.25, -0.2) is 4.79 Å². The maximum atomic E-state index is 10.8. The molecule has 0 fully saturated rings. The van der Waals surface area contributed by atoms with Crippen molar-refractivity contribution >= 4 is 29.0 Å². The number of carbonyl (C=O) groups is 1. The molecule has 0 aliphatic rings. The number of anilines is 1. The molecule has 2 rings (SSSR count). The zero-order valence-corrected chi connectivity index (χ0v) is 12.6. The smallest absolute Gasteiger partial charge is 0.328 e. The first-order valence-corrected chi connectivity index (χ1v) is 7.52. The number of thioether (sulfide) groups is 1. The fourth-order valence-electron chi connectivity index (χ4n) is 1.97. The van der Waals surface area contributed by atoms with E-state index in [1.54, 1.807) is 18.7 Å². The number of carboxylic acids is 1. The van der Waals surface area contributed by atoms with Crippen LogP contribution in [0, 0.1) is 0 Å². The zero-order valence-electron chi connectivity index (χ0n) is 11.7. The lowest BCUT2D eigenvalue weighted by Crippen LogP contribution is -1.95. The molecule has 0 saturated heterocycles. The van der Waals surface area contributed by atoms with Crippen molar-refractivity contribution < 1.29 is 9.90 Å². The molecule has 108 valence electrons. The van der Waals surface area contributed by atoms with Crippen LogP contribution in [0.1, 0.15) is 18.1 Å². The molecule has 0 heterocycles. The molecule has 21 heavy (non-hydrogen) atoms. The number of rotatable bonds is 5. The Morgan fingerprint density at radius 2 is 1.95 bits per heavy atom. The van der Waals surface area contributed by atoms with Crippen LogP contribution in [-0.2, 0) is 10.5 Å². The number of nitrogens with two attached hydrogens (primary N) is 1. The molecule has 0 saturated carbocycles. The second-order valence-corrected chi connectivity index (χ2v) is 5.74. The van der Waals surface area contributed by atoms with Gasteiger partial charge in [0.15, 0.2) is 0 Å². The fraction of sp³-hybridized carbons (Fsp3) is 0.118. The van der Waals surface area contributed by atoms with E-state index < -0.39 is 5.97 Å². The monoisotopic (exact) mass is 299 g/mol. The summed E-state index contributed by atoms with van der Waals surface area (Å²) in [6.45, 7) is 1.76. The van der Waals surface area contributed by atoms with Crippen LogP contribution in [0.2, 0.25) is 0 Å². The Labute approximate surface area is 128 Å². The molecule has 0 aromatic heterocycles. The summed E-state index contributed by atoms with van der Waals surface area (Å²) in [5, 5.41) is 8.84. The fourth-order valence-corrected chi connectivity index (χ4v) is 2.86. The first-order chi connectivity index (χ1) is 10.1. The van der Waals surface area contributed by atoms with Gasteiger partial charge in [-0.15, -0.1) is 11.8 Å². The standard InChI is InChI=1S/C17H17NO2S/c1-12(9-17(19)20)15-10-14(7-8-16(15)18)21-11-13-5-3-2-4-6-13/h2-10H,11,18H2,1H3,(H,19,20)/b12-9-. The van der Waals surface area contributed by atoms with Crippen LogP contribution in [-0.4, -0.2) is 11.1 Å². The van der Waals surface area contributed by atoms with Crippen molar-refractivity contribution in [3.63, 3.8) is 0 Å². The minimum absolute atomic E-state index is 0.592. The number of hydrogen-bond acceptors (Lipinski definition) is 3. The molecule has 4 heteroatoms. The molecule has 0 atom stereocenters. The Hall–Kier alpha value is -2.20. The molecular weight excluding hydrogens is 282 g/mol. The molecule has 0 unspecified atom stereocenters. The highest BCUT2D eigenvalue weighted by molar-refractivity contribution is 7.98. The normalized spacial score (nSPS) is 11.4. The van der Waals surface area contributed by atoms with Gasteiger partial charge < -0.3 is 10.8 Å². The van der Waals surface area contributed by atoms with Crippen molar-refractivity contribution in [1.82, 2.24) is 0 Å². The van der Waals surface area contributed by atoms with Crippen LogP contribution in [0.3, 0.4) is 0 Å². The second-order valence-electron chi connectivity index (χ2n) is 4.69. The molecule has 3 nitrogen and oxygen atoms in total. The van der Waals surface area contributed by atoms with Gasteiger partial charge in [-0.2, -0.15) is 0 Å². The van der Waals surface area contributed by atoms with Gasteiger partial charge in [0.05, 0.1) is 0 Å². The van der Waals surface area contributed by atoms with Crippen LogP contribution in [0.4, 0.5) is 5.69 Å². The lowest BCUT2D eigenvalue weighted by Gasteiger charge is -2.09.